The normalized spacial score (nSPS) is 18.1. The Labute approximate surface area is 195 Å². The molecule has 1 aliphatic heterocycles. The van der Waals surface area contributed by atoms with Crippen molar-refractivity contribution < 1.29 is 24.2 Å². The van der Waals surface area contributed by atoms with Gasteiger partial charge in [-0.3, -0.25) is 9.59 Å². The zero-order valence-electron chi connectivity index (χ0n) is 20.3. The highest BCUT2D eigenvalue weighted by atomic mass is 16.5. The van der Waals surface area contributed by atoms with Gasteiger partial charge in [-0.15, -0.1) is 0 Å². The van der Waals surface area contributed by atoms with Gasteiger partial charge in [0.25, 0.3) is 11.7 Å². The van der Waals surface area contributed by atoms with E-state index in [9.17, 15) is 14.7 Å². The number of carbonyl (C=O) groups excluding carboxylic acids is 2. The second-order valence-corrected chi connectivity index (χ2v) is 9.39. The maximum Gasteiger partial charge on any atom is 0.295 e. The standard InChI is InChI=1S/C27H33NO5/c1-17-16-20(33-6)12-13-21(17)24(29)22-23(18-8-10-19(11-9-18)27(2,3)4)28(14-7-15-32-5)26(31)25(22)30/h8-13,16,23,29H,7,14-15H2,1-6H3/t23-/m0/s1. The first-order valence-corrected chi connectivity index (χ1v) is 11.1. The van der Waals surface area contributed by atoms with Crippen molar-refractivity contribution in [2.24, 2.45) is 0 Å². The molecule has 1 amide bonds. The molecule has 0 aliphatic carbocycles. The monoisotopic (exact) mass is 451 g/mol. The predicted molar refractivity (Wildman–Crippen MR) is 128 cm³/mol. The summed E-state index contributed by atoms with van der Waals surface area (Å²) in [7, 11) is 3.17. The van der Waals surface area contributed by atoms with Crippen LogP contribution in [0.1, 0.15) is 55.5 Å². The topological polar surface area (TPSA) is 76.1 Å². The lowest BCUT2D eigenvalue weighted by atomic mass is 9.85. The summed E-state index contributed by atoms with van der Waals surface area (Å²) in [6.07, 6.45) is 0.585. The lowest BCUT2D eigenvalue weighted by molar-refractivity contribution is -0.140. The van der Waals surface area contributed by atoms with Crippen LogP contribution in [0.4, 0.5) is 0 Å². The average molecular weight is 452 g/mol. The van der Waals surface area contributed by atoms with Gasteiger partial charge in [-0.2, -0.15) is 0 Å². The molecule has 0 unspecified atom stereocenters. The van der Waals surface area contributed by atoms with Gasteiger partial charge in [-0.1, -0.05) is 45.0 Å². The first kappa shape index (κ1) is 24.5. The van der Waals surface area contributed by atoms with E-state index in [1.807, 2.05) is 31.2 Å². The van der Waals surface area contributed by atoms with Crippen LogP contribution in [0.3, 0.4) is 0 Å². The third-order valence-electron chi connectivity index (χ3n) is 6.07. The number of Topliss-reactive ketones (excluding diaryl/α,β-unsaturated/α-hetero) is 1. The average Bonchev–Trinajstić information content (AvgIpc) is 3.03. The van der Waals surface area contributed by atoms with Crippen LogP contribution in [0.25, 0.3) is 5.76 Å². The van der Waals surface area contributed by atoms with Crippen LogP contribution >= 0.6 is 0 Å². The van der Waals surface area contributed by atoms with Gasteiger partial charge in [0.15, 0.2) is 0 Å². The summed E-state index contributed by atoms with van der Waals surface area (Å²) in [6.45, 7) is 9.04. The van der Waals surface area contributed by atoms with E-state index in [0.717, 1.165) is 16.7 Å². The smallest absolute Gasteiger partial charge is 0.295 e. The molecule has 1 aliphatic rings. The third-order valence-corrected chi connectivity index (χ3v) is 6.07. The Kier molecular flexibility index (Phi) is 7.28. The minimum Gasteiger partial charge on any atom is -0.507 e. The molecule has 2 aromatic carbocycles. The molecule has 6 heteroatoms. The Bertz CT molecular complexity index is 1060. The number of amides is 1. The van der Waals surface area contributed by atoms with Crippen molar-refractivity contribution in [3.8, 4) is 5.75 Å². The van der Waals surface area contributed by atoms with Crippen LogP contribution in [0.15, 0.2) is 48.0 Å². The zero-order valence-corrected chi connectivity index (χ0v) is 20.3. The molecule has 1 saturated heterocycles. The highest BCUT2D eigenvalue weighted by Gasteiger charge is 2.46. The van der Waals surface area contributed by atoms with Gasteiger partial charge in [0.2, 0.25) is 0 Å². The fourth-order valence-corrected chi connectivity index (χ4v) is 4.18. The Morgan fingerprint density at radius 3 is 2.27 bits per heavy atom. The number of ether oxygens (including phenoxy) is 2. The van der Waals surface area contributed by atoms with Crippen molar-refractivity contribution in [2.45, 2.75) is 45.6 Å². The fraction of sp³-hybridized carbons (Fsp3) is 0.407. The molecule has 6 nitrogen and oxygen atoms in total. The highest BCUT2D eigenvalue weighted by molar-refractivity contribution is 6.46. The van der Waals surface area contributed by atoms with Gasteiger partial charge in [0.05, 0.1) is 18.7 Å². The summed E-state index contributed by atoms with van der Waals surface area (Å²) in [6, 6.07) is 12.5. The maximum atomic E-state index is 13.1. The van der Waals surface area contributed by atoms with Gasteiger partial charge in [-0.05, 0) is 53.6 Å². The Hall–Kier alpha value is -3.12. The molecular formula is C27H33NO5. The van der Waals surface area contributed by atoms with Crippen molar-refractivity contribution in [3.63, 3.8) is 0 Å². The molecule has 33 heavy (non-hydrogen) atoms. The number of aliphatic hydroxyl groups is 1. The molecule has 0 radical (unpaired) electrons. The van der Waals surface area contributed by atoms with Gasteiger partial charge in [-0.25, -0.2) is 0 Å². The number of aryl methyl sites for hydroxylation is 1. The van der Waals surface area contributed by atoms with Crippen LogP contribution in [-0.2, 0) is 19.7 Å². The summed E-state index contributed by atoms with van der Waals surface area (Å²) in [5.74, 6) is -0.806. The number of methoxy groups -OCH3 is 2. The van der Waals surface area contributed by atoms with E-state index in [1.165, 1.54) is 4.90 Å². The first-order chi connectivity index (χ1) is 15.6. The molecular weight excluding hydrogens is 418 g/mol. The van der Waals surface area contributed by atoms with E-state index in [4.69, 9.17) is 9.47 Å². The van der Waals surface area contributed by atoms with Crippen molar-refractivity contribution in [1.82, 2.24) is 4.90 Å². The highest BCUT2D eigenvalue weighted by Crippen LogP contribution is 2.40. The molecule has 0 bridgehead atoms. The van der Waals surface area contributed by atoms with Crippen molar-refractivity contribution in [1.29, 1.82) is 0 Å². The molecule has 176 valence electrons. The van der Waals surface area contributed by atoms with Crippen molar-refractivity contribution in [2.75, 3.05) is 27.4 Å². The third kappa shape index (κ3) is 4.96. The molecule has 0 spiro atoms. The number of benzene rings is 2. The molecule has 0 aromatic heterocycles. The van der Waals surface area contributed by atoms with E-state index in [2.05, 4.69) is 20.8 Å². The largest absolute Gasteiger partial charge is 0.507 e. The lowest BCUT2D eigenvalue weighted by Crippen LogP contribution is -2.31. The van der Waals surface area contributed by atoms with E-state index < -0.39 is 17.7 Å². The summed E-state index contributed by atoms with van der Waals surface area (Å²) in [4.78, 5) is 27.7. The van der Waals surface area contributed by atoms with Crippen molar-refractivity contribution in [3.05, 3.63) is 70.3 Å². The van der Waals surface area contributed by atoms with Gasteiger partial charge in [0.1, 0.15) is 11.5 Å². The molecule has 1 atom stereocenters. The number of hydrogen-bond acceptors (Lipinski definition) is 5. The fourth-order valence-electron chi connectivity index (χ4n) is 4.18. The summed E-state index contributed by atoms with van der Waals surface area (Å²) in [5, 5.41) is 11.3. The minimum atomic E-state index is -0.676. The van der Waals surface area contributed by atoms with E-state index in [0.29, 0.717) is 30.9 Å². The van der Waals surface area contributed by atoms with Crippen LogP contribution in [0.2, 0.25) is 0 Å². The van der Waals surface area contributed by atoms with Crippen LogP contribution in [0, 0.1) is 6.92 Å². The number of carbonyl (C=O) groups is 2. The lowest BCUT2D eigenvalue weighted by Gasteiger charge is -2.26. The summed E-state index contributed by atoms with van der Waals surface area (Å²) in [5.41, 5.74) is 3.26. The predicted octanol–water partition coefficient (Wildman–Crippen LogP) is 4.76. The van der Waals surface area contributed by atoms with E-state index in [1.54, 1.807) is 32.4 Å². The number of ketones is 1. The molecule has 3 rings (SSSR count). The molecule has 1 heterocycles. The number of nitrogens with zero attached hydrogens (tertiary/aromatic N) is 1. The molecule has 1 fully saturated rings. The van der Waals surface area contributed by atoms with Crippen LogP contribution in [-0.4, -0.2) is 49.1 Å². The second kappa shape index (κ2) is 9.79. The van der Waals surface area contributed by atoms with Crippen molar-refractivity contribution >= 4 is 17.4 Å². The minimum absolute atomic E-state index is 0.0288. The number of likely N-dealkylation sites (tertiary alicyclic amines) is 1. The summed E-state index contributed by atoms with van der Waals surface area (Å²) < 4.78 is 10.4. The molecule has 2 aromatic rings. The quantitative estimate of drug-likeness (QED) is 0.284. The summed E-state index contributed by atoms with van der Waals surface area (Å²) >= 11 is 0. The molecule has 1 N–H and O–H groups in total. The van der Waals surface area contributed by atoms with Crippen LogP contribution < -0.4 is 4.74 Å². The van der Waals surface area contributed by atoms with E-state index >= 15 is 0 Å². The first-order valence-electron chi connectivity index (χ1n) is 11.1. The Morgan fingerprint density at radius 1 is 1.06 bits per heavy atom. The van der Waals surface area contributed by atoms with Gasteiger partial charge < -0.3 is 19.5 Å². The van der Waals surface area contributed by atoms with Gasteiger partial charge >= 0.3 is 0 Å². The molecule has 0 saturated carbocycles. The Balaban J connectivity index is 2.14. The van der Waals surface area contributed by atoms with Crippen LogP contribution in [0.5, 0.6) is 5.75 Å². The SMILES string of the molecule is COCCCN1C(=O)C(=O)C(=C(O)c2ccc(OC)cc2C)[C@@H]1c1ccc(C(C)(C)C)cc1. The zero-order chi connectivity index (χ0) is 24.3. The van der Waals surface area contributed by atoms with E-state index in [-0.39, 0.29) is 16.7 Å². The second-order valence-electron chi connectivity index (χ2n) is 9.39. The maximum absolute atomic E-state index is 13.1. The number of aliphatic hydroxyl groups excluding tert-OH is 1. The number of hydrogen-bond donors (Lipinski definition) is 1. The number of rotatable bonds is 7. The van der Waals surface area contributed by atoms with Gasteiger partial charge in [0, 0.05) is 25.8 Å². The Morgan fingerprint density at radius 2 is 1.73 bits per heavy atom.